The first-order valence-corrected chi connectivity index (χ1v) is 7.13. The van der Waals surface area contributed by atoms with Crippen molar-refractivity contribution in [3.63, 3.8) is 0 Å². The summed E-state index contributed by atoms with van der Waals surface area (Å²) in [5.74, 6) is 0.930. The maximum Gasteiger partial charge on any atom is 0.277 e. The van der Waals surface area contributed by atoms with Crippen molar-refractivity contribution in [2.75, 3.05) is 0 Å². The number of benzene rings is 1. The number of nitrogens with zero attached hydrogens (tertiary/aromatic N) is 2. The van der Waals surface area contributed by atoms with Gasteiger partial charge < -0.3 is 4.98 Å². The molecular formula is C17H17N3O. The fourth-order valence-corrected chi connectivity index (χ4v) is 2.39. The zero-order chi connectivity index (χ0) is 14.7. The molecule has 0 bridgehead atoms. The second kappa shape index (κ2) is 5.87. The van der Waals surface area contributed by atoms with E-state index in [4.69, 9.17) is 0 Å². The Kier molecular flexibility index (Phi) is 3.77. The summed E-state index contributed by atoms with van der Waals surface area (Å²) in [7, 11) is 0. The summed E-state index contributed by atoms with van der Waals surface area (Å²) in [6, 6.07) is 14.0. The minimum Gasteiger partial charge on any atom is -0.308 e. The Morgan fingerprint density at radius 2 is 1.95 bits per heavy atom. The smallest absolute Gasteiger partial charge is 0.277 e. The Morgan fingerprint density at radius 1 is 1.14 bits per heavy atom. The van der Waals surface area contributed by atoms with Gasteiger partial charge in [0.05, 0.1) is 5.52 Å². The van der Waals surface area contributed by atoms with Gasteiger partial charge in [-0.1, -0.05) is 37.3 Å². The maximum absolute atomic E-state index is 12.0. The van der Waals surface area contributed by atoms with Gasteiger partial charge in [-0.25, -0.2) is 9.97 Å². The normalized spacial score (nSPS) is 12.4. The molecule has 4 nitrogen and oxygen atoms in total. The highest BCUT2D eigenvalue weighted by Gasteiger charge is 2.11. The topological polar surface area (TPSA) is 58.6 Å². The lowest BCUT2D eigenvalue weighted by Crippen LogP contribution is -2.15. The number of hydrogen-bond acceptors (Lipinski definition) is 3. The van der Waals surface area contributed by atoms with E-state index in [2.05, 4.69) is 34.0 Å². The number of aromatic nitrogens is 3. The molecule has 0 amide bonds. The number of H-pyrrole nitrogens is 1. The summed E-state index contributed by atoms with van der Waals surface area (Å²) in [5, 5.41) is 0. The fraction of sp³-hybridized carbons (Fsp3) is 0.235. The average Bonchev–Trinajstić information content (AvgIpc) is 2.53. The van der Waals surface area contributed by atoms with E-state index in [-0.39, 0.29) is 11.5 Å². The molecule has 0 radical (unpaired) electrons. The molecule has 0 aliphatic rings. The molecule has 4 heteroatoms. The molecule has 2 aromatic heterocycles. The van der Waals surface area contributed by atoms with Crippen LogP contribution >= 0.6 is 0 Å². The number of nitrogens with one attached hydrogen (secondary N) is 1. The maximum atomic E-state index is 12.0. The van der Waals surface area contributed by atoms with E-state index in [0.29, 0.717) is 11.0 Å². The quantitative estimate of drug-likeness (QED) is 0.798. The Hall–Kier alpha value is -2.49. The standard InChI is InChI=1S/C17H17N3O/c1-12(9-10-13-6-3-2-4-7-13)16-19-14-8-5-11-18-15(14)17(21)20-16/h2-8,11-12H,9-10H2,1H3,(H,19,20,21). The third-order valence-electron chi connectivity index (χ3n) is 3.66. The summed E-state index contributed by atoms with van der Waals surface area (Å²) in [6.07, 6.45) is 3.52. The molecule has 1 unspecified atom stereocenters. The van der Waals surface area contributed by atoms with Crippen LogP contribution in [0.25, 0.3) is 11.0 Å². The molecule has 0 aliphatic heterocycles. The summed E-state index contributed by atoms with van der Waals surface area (Å²) < 4.78 is 0. The summed E-state index contributed by atoms with van der Waals surface area (Å²) in [5.41, 5.74) is 2.19. The van der Waals surface area contributed by atoms with Gasteiger partial charge in [-0.05, 0) is 30.5 Å². The third-order valence-corrected chi connectivity index (χ3v) is 3.66. The molecule has 0 aliphatic carbocycles. The molecule has 0 saturated carbocycles. The number of rotatable bonds is 4. The lowest BCUT2D eigenvalue weighted by atomic mass is 10.0. The molecule has 2 heterocycles. The van der Waals surface area contributed by atoms with Crippen LogP contribution in [-0.2, 0) is 6.42 Å². The van der Waals surface area contributed by atoms with Crippen molar-refractivity contribution in [3.05, 3.63) is 70.4 Å². The van der Waals surface area contributed by atoms with Crippen molar-refractivity contribution in [1.29, 1.82) is 0 Å². The van der Waals surface area contributed by atoms with E-state index in [0.717, 1.165) is 18.7 Å². The van der Waals surface area contributed by atoms with Crippen molar-refractivity contribution in [3.8, 4) is 0 Å². The van der Waals surface area contributed by atoms with Gasteiger partial charge in [0.25, 0.3) is 5.56 Å². The number of fused-ring (bicyclic) bond motifs is 1. The number of hydrogen-bond donors (Lipinski definition) is 1. The van der Waals surface area contributed by atoms with Crippen LogP contribution in [0.3, 0.4) is 0 Å². The van der Waals surface area contributed by atoms with Crippen molar-refractivity contribution < 1.29 is 0 Å². The Balaban J connectivity index is 1.81. The highest BCUT2D eigenvalue weighted by Crippen LogP contribution is 2.18. The Labute approximate surface area is 122 Å². The molecule has 3 aromatic rings. The van der Waals surface area contributed by atoms with Crippen molar-refractivity contribution in [1.82, 2.24) is 15.0 Å². The largest absolute Gasteiger partial charge is 0.308 e. The van der Waals surface area contributed by atoms with Gasteiger partial charge in [0.1, 0.15) is 5.82 Å². The molecule has 0 spiro atoms. The highest BCUT2D eigenvalue weighted by atomic mass is 16.1. The lowest BCUT2D eigenvalue weighted by molar-refractivity contribution is 0.638. The second-order valence-electron chi connectivity index (χ2n) is 5.25. The van der Waals surface area contributed by atoms with Gasteiger partial charge in [-0.2, -0.15) is 0 Å². The van der Waals surface area contributed by atoms with Gasteiger partial charge in [0, 0.05) is 12.1 Å². The van der Waals surface area contributed by atoms with Gasteiger partial charge in [0.15, 0.2) is 5.52 Å². The zero-order valence-corrected chi connectivity index (χ0v) is 11.9. The summed E-state index contributed by atoms with van der Waals surface area (Å²) >= 11 is 0. The van der Waals surface area contributed by atoms with E-state index in [1.54, 1.807) is 12.3 Å². The summed E-state index contributed by atoms with van der Waals surface area (Å²) in [4.78, 5) is 23.5. The van der Waals surface area contributed by atoms with Crippen LogP contribution in [-0.4, -0.2) is 15.0 Å². The third kappa shape index (κ3) is 2.99. The van der Waals surface area contributed by atoms with Crippen LogP contribution in [0, 0.1) is 0 Å². The molecule has 0 saturated heterocycles. The van der Waals surface area contributed by atoms with Crippen molar-refractivity contribution in [2.45, 2.75) is 25.7 Å². The van der Waals surface area contributed by atoms with Crippen LogP contribution in [0.15, 0.2) is 53.5 Å². The van der Waals surface area contributed by atoms with Crippen LogP contribution in [0.2, 0.25) is 0 Å². The highest BCUT2D eigenvalue weighted by molar-refractivity contribution is 5.72. The minimum atomic E-state index is -0.165. The number of pyridine rings is 1. The fourth-order valence-electron chi connectivity index (χ4n) is 2.39. The van der Waals surface area contributed by atoms with E-state index in [1.807, 2.05) is 24.3 Å². The first kappa shape index (κ1) is 13.5. The van der Waals surface area contributed by atoms with Gasteiger partial charge in [-0.15, -0.1) is 0 Å². The Morgan fingerprint density at radius 3 is 2.76 bits per heavy atom. The van der Waals surface area contributed by atoms with E-state index in [9.17, 15) is 4.79 Å². The number of aromatic amines is 1. The van der Waals surface area contributed by atoms with Crippen LogP contribution in [0.4, 0.5) is 0 Å². The zero-order valence-electron chi connectivity index (χ0n) is 11.9. The van der Waals surface area contributed by atoms with Crippen molar-refractivity contribution in [2.24, 2.45) is 0 Å². The number of aryl methyl sites for hydroxylation is 1. The van der Waals surface area contributed by atoms with E-state index in [1.165, 1.54) is 5.56 Å². The molecule has 1 atom stereocenters. The van der Waals surface area contributed by atoms with E-state index < -0.39 is 0 Å². The monoisotopic (exact) mass is 279 g/mol. The molecule has 0 fully saturated rings. The van der Waals surface area contributed by atoms with E-state index >= 15 is 0 Å². The van der Waals surface area contributed by atoms with Gasteiger partial charge >= 0.3 is 0 Å². The molecule has 1 aromatic carbocycles. The van der Waals surface area contributed by atoms with Gasteiger partial charge in [-0.3, -0.25) is 4.79 Å². The molecule has 1 N–H and O–H groups in total. The first-order valence-electron chi connectivity index (χ1n) is 7.13. The van der Waals surface area contributed by atoms with Crippen LogP contribution in [0.5, 0.6) is 0 Å². The lowest BCUT2D eigenvalue weighted by Gasteiger charge is -2.11. The minimum absolute atomic E-state index is 0.165. The first-order chi connectivity index (χ1) is 10.2. The average molecular weight is 279 g/mol. The molecule has 106 valence electrons. The van der Waals surface area contributed by atoms with Crippen LogP contribution in [0.1, 0.15) is 30.7 Å². The second-order valence-corrected chi connectivity index (χ2v) is 5.25. The van der Waals surface area contributed by atoms with Crippen molar-refractivity contribution >= 4 is 11.0 Å². The predicted molar refractivity (Wildman–Crippen MR) is 83.3 cm³/mol. The van der Waals surface area contributed by atoms with Crippen LogP contribution < -0.4 is 5.56 Å². The SMILES string of the molecule is CC(CCc1ccccc1)c1nc2cccnc2c(=O)[nH]1. The molecular weight excluding hydrogens is 262 g/mol. The molecule has 3 rings (SSSR count). The Bertz CT molecular complexity index is 796. The molecule has 21 heavy (non-hydrogen) atoms. The van der Waals surface area contributed by atoms with Gasteiger partial charge in [0.2, 0.25) is 0 Å². The summed E-state index contributed by atoms with van der Waals surface area (Å²) in [6.45, 7) is 2.09. The predicted octanol–water partition coefficient (Wildman–Crippen LogP) is 3.05.